The van der Waals surface area contributed by atoms with E-state index in [9.17, 15) is 0 Å². The van der Waals surface area contributed by atoms with Gasteiger partial charge in [-0.1, -0.05) is 30.3 Å². The number of rotatable bonds is 3. The summed E-state index contributed by atoms with van der Waals surface area (Å²) in [6.07, 6.45) is 0. The minimum Gasteiger partial charge on any atom is -0.352 e. The number of nitrogens with zero attached hydrogens (tertiary/aromatic N) is 1. The van der Waals surface area contributed by atoms with Crippen molar-refractivity contribution in [1.29, 1.82) is 0 Å². The Morgan fingerprint density at radius 3 is 2.35 bits per heavy atom. The Hall–Kier alpha value is -0.900. The molecule has 17 heavy (non-hydrogen) atoms. The van der Waals surface area contributed by atoms with Gasteiger partial charge < -0.3 is 4.74 Å². The lowest BCUT2D eigenvalue weighted by Gasteiger charge is -2.28. The van der Waals surface area contributed by atoms with E-state index in [2.05, 4.69) is 26.0 Å². The van der Waals surface area contributed by atoms with Gasteiger partial charge >= 0.3 is 0 Å². The summed E-state index contributed by atoms with van der Waals surface area (Å²) in [4.78, 5) is 5.85. The molecule has 0 spiro atoms. The van der Waals surface area contributed by atoms with E-state index in [1.54, 1.807) is 0 Å². The number of hydroxylamine groups is 2. The van der Waals surface area contributed by atoms with Crippen LogP contribution in [0.1, 0.15) is 33.3 Å². The Labute approximate surface area is 103 Å². The molecule has 0 aliphatic carbocycles. The molecule has 0 amide bonds. The van der Waals surface area contributed by atoms with Crippen molar-refractivity contribution in [1.82, 2.24) is 5.06 Å². The van der Waals surface area contributed by atoms with Crippen LogP contribution in [-0.4, -0.2) is 22.9 Å². The first-order valence-electron chi connectivity index (χ1n) is 6.04. The molecule has 0 N–H and O–H groups in total. The second-order valence-electron chi connectivity index (χ2n) is 5.60. The third kappa shape index (κ3) is 3.06. The maximum atomic E-state index is 5.94. The summed E-state index contributed by atoms with van der Waals surface area (Å²) in [5, 5.41) is 1.93. The Bertz CT molecular complexity index is 373. The maximum absolute atomic E-state index is 5.94. The lowest BCUT2D eigenvalue weighted by molar-refractivity contribution is -0.255. The van der Waals surface area contributed by atoms with Crippen molar-refractivity contribution < 1.29 is 9.57 Å². The molecule has 1 saturated heterocycles. The van der Waals surface area contributed by atoms with Gasteiger partial charge in [-0.3, -0.25) is 4.84 Å². The monoisotopic (exact) mass is 235 g/mol. The number of hydrogen-bond donors (Lipinski definition) is 0. The molecule has 0 bridgehead atoms. The molecule has 0 radical (unpaired) electrons. The third-order valence-electron chi connectivity index (χ3n) is 2.88. The molecule has 1 aromatic rings. The second-order valence-corrected chi connectivity index (χ2v) is 5.60. The number of hydrogen-bond acceptors (Lipinski definition) is 3. The van der Waals surface area contributed by atoms with E-state index in [1.165, 1.54) is 5.56 Å². The van der Waals surface area contributed by atoms with Gasteiger partial charge in [0.05, 0.1) is 18.8 Å². The van der Waals surface area contributed by atoms with E-state index in [-0.39, 0.29) is 11.3 Å². The van der Waals surface area contributed by atoms with Gasteiger partial charge in [0.1, 0.15) is 5.72 Å². The van der Waals surface area contributed by atoms with Crippen molar-refractivity contribution >= 4 is 0 Å². The highest BCUT2D eigenvalue weighted by Gasteiger charge is 2.44. The normalized spacial score (nSPS) is 22.8. The van der Waals surface area contributed by atoms with E-state index >= 15 is 0 Å². The van der Waals surface area contributed by atoms with Crippen LogP contribution in [0.15, 0.2) is 30.3 Å². The molecule has 1 aromatic carbocycles. The fourth-order valence-electron chi connectivity index (χ4n) is 2.22. The molecule has 2 rings (SSSR count). The minimum atomic E-state index is -0.363. The van der Waals surface area contributed by atoms with Gasteiger partial charge in [-0.2, -0.15) is 5.06 Å². The fourth-order valence-corrected chi connectivity index (χ4v) is 2.22. The summed E-state index contributed by atoms with van der Waals surface area (Å²) in [5.41, 5.74) is 0.659. The highest BCUT2D eigenvalue weighted by Crippen LogP contribution is 2.33. The van der Waals surface area contributed by atoms with E-state index in [4.69, 9.17) is 9.57 Å². The van der Waals surface area contributed by atoms with Crippen LogP contribution in [0.5, 0.6) is 0 Å². The third-order valence-corrected chi connectivity index (χ3v) is 2.88. The van der Waals surface area contributed by atoms with Gasteiger partial charge in [-0.05, 0) is 33.3 Å². The van der Waals surface area contributed by atoms with Crippen molar-refractivity contribution in [2.24, 2.45) is 0 Å². The van der Waals surface area contributed by atoms with Crippen LogP contribution in [0.25, 0.3) is 0 Å². The van der Waals surface area contributed by atoms with Gasteiger partial charge in [0.15, 0.2) is 0 Å². The van der Waals surface area contributed by atoms with E-state index in [0.717, 1.165) is 6.54 Å². The average molecular weight is 235 g/mol. The Morgan fingerprint density at radius 1 is 1.18 bits per heavy atom. The van der Waals surface area contributed by atoms with Crippen LogP contribution in [0, 0.1) is 0 Å². The molecule has 1 fully saturated rings. The summed E-state index contributed by atoms with van der Waals surface area (Å²) in [5.74, 6) is 0. The van der Waals surface area contributed by atoms with Crippen LogP contribution >= 0.6 is 0 Å². The lowest BCUT2D eigenvalue weighted by Crippen LogP contribution is -2.38. The van der Waals surface area contributed by atoms with E-state index < -0.39 is 0 Å². The summed E-state index contributed by atoms with van der Waals surface area (Å²) in [6.45, 7) is 9.61. The molecule has 0 aromatic heterocycles. The highest BCUT2D eigenvalue weighted by atomic mass is 16.7. The average Bonchev–Trinajstić information content (AvgIpc) is 2.45. The smallest absolute Gasteiger partial charge is 0.139 e. The highest BCUT2D eigenvalue weighted by molar-refractivity contribution is 5.13. The first-order valence-corrected chi connectivity index (χ1v) is 6.04. The van der Waals surface area contributed by atoms with Crippen LogP contribution in [-0.2, 0) is 16.2 Å². The molecule has 0 atom stereocenters. The first-order chi connectivity index (χ1) is 7.89. The predicted octanol–water partition coefficient (Wildman–Crippen LogP) is 2.97. The predicted molar refractivity (Wildman–Crippen MR) is 67.2 cm³/mol. The van der Waals surface area contributed by atoms with Crippen molar-refractivity contribution in [2.45, 2.75) is 45.6 Å². The molecule has 0 unspecified atom stereocenters. The zero-order valence-corrected chi connectivity index (χ0v) is 11.1. The van der Waals surface area contributed by atoms with Gasteiger partial charge in [-0.15, -0.1) is 0 Å². The molecule has 3 nitrogen and oxygen atoms in total. The molecule has 1 heterocycles. The van der Waals surface area contributed by atoms with Gasteiger partial charge in [0.2, 0.25) is 0 Å². The minimum absolute atomic E-state index is 0.153. The summed E-state index contributed by atoms with van der Waals surface area (Å²) >= 11 is 0. The number of ether oxygens (including phenoxy) is 1. The molecule has 1 aliphatic rings. The number of benzene rings is 1. The Balaban J connectivity index is 1.96. The SMILES string of the molecule is CC1(C)CN(OCc2ccccc2)C(C)(C)O1. The molecular formula is C14H21NO2. The first kappa shape index (κ1) is 12.6. The molecule has 0 saturated carbocycles. The van der Waals surface area contributed by atoms with E-state index in [1.807, 2.05) is 37.1 Å². The molecule has 94 valence electrons. The fraction of sp³-hybridized carbons (Fsp3) is 0.571. The standard InChI is InChI=1S/C14H21NO2/c1-13(2)11-15(14(3,4)17-13)16-10-12-8-6-5-7-9-12/h5-9H,10-11H2,1-4H3. The summed E-state index contributed by atoms with van der Waals surface area (Å²) in [7, 11) is 0. The zero-order chi connectivity index (χ0) is 12.5. The van der Waals surface area contributed by atoms with Crippen LogP contribution in [0.4, 0.5) is 0 Å². The van der Waals surface area contributed by atoms with Crippen LogP contribution < -0.4 is 0 Å². The summed E-state index contributed by atoms with van der Waals surface area (Å²) < 4.78 is 5.94. The molecular weight excluding hydrogens is 214 g/mol. The van der Waals surface area contributed by atoms with Gasteiger partial charge in [0, 0.05) is 0 Å². The Kier molecular flexibility index (Phi) is 3.25. The van der Waals surface area contributed by atoms with Crippen LogP contribution in [0.3, 0.4) is 0 Å². The van der Waals surface area contributed by atoms with Crippen LogP contribution in [0.2, 0.25) is 0 Å². The van der Waals surface area contributed by atoms with Crippen molar-refractivity contribution in [3.63, 3.8) is 0 Å². The molecule has 1 aliphatic heterocycles. The van der Waals surface area contributed by atoms with Crippen molar-refractivity contribution in [3.8, 4) is 0 Å². The van der Waals surface area contributed by atoms with Crippen molar-refractivity contribution in [3.05, 3.63) is 35.9 Å². The second kappa shape index (κ2) is 4.41. The zero-order valence-electron chi connectivity index (χ0n) is 11.1. The van der Waals surface area contributed by atoms with Gasteiger partial charge in [0.25, 0.3) is 0 Å². The van der Waals surface area contributed by atoms with E-state index in [0.29, 0.717) is 6.61 Å². The largest absolute Gasteiger partial charge is 0.352 e. The quantitative estimate of drug-likeness (QED) is 0.804. The van der Waals surface area contributed by atoms with Gasteiger partial charge in [-0.25, -0.2) is 0 Å². The maximum Gasteiger partial charge on any atom is 0.139 e. The topological polar surface area (TPSA) is 21.7 Å². The van der Waals surface area contributed by atoms with Crippen molar-refractivity contribution in [2.75, 3.05) is 6.54 Å². The Morgan fingerprint density at radius 2 is 1.82 bits per heavy atom. The molecule has 3 heteroatoms. The lowest BCUT2D eigenvalue weighted by atomic mass is 10.1. The summed E-state index contributed by atoms with van der Waals surface area (Å²) in [6, 6.07) is 10.2.